The fraction of sp³-hybridized carbons (Fsp3) is 0.125. The van der Waals surface area contributed by atoms with Crippen molar-refractivity contribution in [1.29, 1.82) is 0 Å². The number of pyridine rings is 1. The molecule has 2 heterocycles. The van der Waals surface area contributed by atoms with Crippen LogP contribution in [-0.2, 0) is 20.7 Å². The molecular formula is C24H20ClN5O5. The van der Waals surface area contributed by atoms with Gasteiger partial charge in [-0.25, -0.2) is 9.78 Å². The van der Waals surface area contributed by atoms with Gasteiger partial charge >= 0.3 is 5.69 Å². The zero-order valence-electron chi connectivity index (χ0n) is 18.7. The van der Waals surface area contributed by atoms with Crippen LogP contribution in [-0.4, -0.2) is 25.9 Å². The lowest BCUT2D eigenvalue weighted by molar-refractivity contribution is 0.0846. The highest BCUT2D eigenvalue weighted by molar-refractivity contribution is 6.30. The second-order valence-corrected chi connectivity index (χ2v) is 8.09. The summed E-state index contributed by atoms with van der Waals surface area (Å²) < 4.78 is 7.81. The molecule has 0 atom stereocenters. The first-order valence-corrected chi connectivity index (χ1v) is 10.8. The van der Waals surface area contributed by atoms with Crippen molar-refractivity contribution in [1.82, 2.24) is 25.0 Å². The molecule has 11 heteroatoms. The van der Waals surface area contributed by atoms with E-state index in [9.17, 15) is 19.2 Å². The van der Waals surface area contributed by atoms with Crippen LogP contribution in [0.5, 0.6) is 5.75 Å². The van der Waals surface area contributed by atoms with Gasteiger partial charge in [-0.3, -0.25) is 34.4 Å². The molecule has 0 radical (unpaired) electrons. The number of carbonyl (C=O) groups is 2. The minimum absolute atomic E-state index is 0.0447. The summed E-state index contributed by atoms with van der Waals surface area (Å²) in [5.41, 5.74) is 4.88. The molecule has 4 rings (SSSR count). The highest BCUT2D eigenvalue weighted by Gasteiger charge is 2.14. The predicted octanol–water partition coefficient (Wildman–Crippen LogP) is 1.94. The van der Waals surface area contributed by atoms with Gasteiger partial charge in [-0.1, -0.05) is 23.7 Å². The SMILES string of the molecule is Cn1c(=O)c2cc(C(=O)NNC(=O)c3ccc(COc4ccc(Cl)cc4)cc3)cnc2n(C)c1=O. The number of hydrogen-bond acceptors (Lipinski definition) is 6. The second kappa shape index (κ2) is 9.82. The molecule has 0 aliphatic heterocycles. The molecule has 178 valence electrons. The largest absolute Gasteiger partial charge is 0.489 e. The molecule has 0 saturated heterocycles. The molecule has 0 spiro atoms. The Morgan fingerprint density at radius 3 is 2.20 bits per heavy atom. The number of aryl methyl sites for hydroxylation is 1. The number of hydrazine groups is 1. The lowest BCUT2D eigenvalue weighted by Crippen LogP contribution is -2.42. The van der Waals surface area contributed by atoms with Crippen LogP contribution in [0.4, 0.5) is 0 Å². The summed E-state index contributed by atoms with van der Waals surface area (Å²) in [4.78, 5) is 53.4. The van der Waals surface area contributed by atoms with Gasteiger partial charge in [0.1, 0.15) is 18.0 Å². The van der Waals surface area contributed by atoms with E-state index in [0.717, 1.165) is 10.1 Å². The maximum atomic E-state index is 12.5. The Balaban J connectivity index is 1.38. The van der Waals surface area contributed by atoms with Crippen molar-refractivity contribution in [3.05, 3.63) is 103 Å². The maximum absolute atomic E-state index is 12.5. The van der Waals surface area contributed by atoms with Gasteiger partial charge in [-0.2, -0.15) is 0 Å². The van der Waals surface area contributed by atoms with Crippen molar-refractivity contribution in [2.45, 2.75) is 6.61 Å². The van der Waals surface area contributed by atoms with Crippen LogP contribution in [0.2, 0.25) is 5.02 Å². The van der Waals surface area contributed by atoms with Crippen LogP contribution in [0.25, 0.3) is 11.0 Å². The monoisotopic (exact) mass is 493 g/mol. The first kappa shape index (κ1) is 23.7. The van der Waals surface area contributed by atoms with Gasteiger partial charge < -0.3 is 4.74 Å². The fourth-order valence-electron chi connectivity index (χ4n) is 3.30. The number of aromatic nitrogens is 3. The smallest absolute Gasteiger partial charge is 0.332 e. The van der Waals surface area contributed by atoms with Crippen LogP contribution in [0.15, 0.2) is 70.4 Å². The van der Waals surface area contributed by atoms with E-state index in [1.165, 1.54) is 30.9 Å². The highest BCUT2D eigenvalue weighted by Crippen LogP contribution is 2.17. The number of fused-ring (bicyclic) bond motifs is 1. The third-order valence-electron chi connectivity index (χ3n) is 5.28. The summed E-state index contributed by atoms with van der Waals surface area (Å²) in [6.07, 6.45) is 1.22. The molecule has 0 aliphatic rings. The van der Waals surface area contributed by atoms with E-state index < -0.39 is 23.1 Å². The zero-order valence-corrected chi connectivity index (χ0v) is 19.5. The summed E-state index contributed by atoms with van der Waals surface area (Å²) in [6.45, 7) is 0.306. The Morgan fingerprint density at radius 2 is 1.54 bits per heavy atom. The second-order valence-electron chi connectivity index (χ2n) is 7.65. The molecule has 0 fully saturated rings. The summed E-state index contributed by atoms with van der Waals surface area (Å²) in [6, 6.07) is 15.0. The number of benzene rings is 2. The van der Waals surface area contributed by atoms with E-state index in [2.05, 4.69) is 15.8 Å². The Bertz CT molecular complexity index is 1540. The molecule has 0 saturated carbocycles. The molecule has 2 aromatic carbocycles. The van der Waals surface area contributed by atoms with Crippen molar-refractivity contribution < 1.29 is 14.3 Å². The van der Waals surface area contributed by atoms with Gasteiger partial charge in [0.05, 0.1) is 10.9 Å². The minimum atomic E-state index is -0.670. The van der Waals surface area contributed by atoms with E-state index in [-0.39, 0.29) is 16.6 Å². The average Bonchev–Trinajstić information content (AvgIpc) is 2.88. The molecule has 0 aliphatic carbocycles. The molecular weight excluding hydrogens is 474 g/mol. The lowest BCUT2D eigenvalue weighted by Gasteiger charge is -2.10. The topological polar surface area (TPSA) is 124 Å². The first-order valence-electron chi connectivity index (χ1n) is 10.4. The quantitative estimate of drug-likeness (QED) is 0.409. The molecule has 35 heavy (non-hydrogen) atoms. The Kier molecular flexibility index (Phi) is 6.65. The number of amides is 2. The van der Waals surface area contributed by atoms with Crippen LogP contribution < -0.4 is 26.8 Å². The average molecular weight is 494 g/mol. The highest BCUT2D eigenvalue weighted by atomic mass is 35.5. The molecule has 2 aromatic heterocycles. The number of carbonyl (C=O) groups excluding carboxylic acids is 2. The van der Waals surface area contributed by atoms with Crippen LogP contribution in [0.1, 0.15) is 26.3 Å². The molecule has 0 unspecified atom stereocenters. The summed E-state index contributed by atoms with van der Waals surface area (Å²) in [5.74, 6) is -0.533. The Labute approximate surface area is 203 Å². The summed E-state index contributed by atoms with van der Waals surface area (Å²) in [7, 11) is 2.82. The number of ether oxygens (including phenoxy) is 1. The van der Waals surface area contributed by atoms with Gasteiger partial charge in [0.2, 0.25) is 0 Å². The maximum Gasteiger partial charge on any atom is 0.332 e. The Morgan fingerprint density at radius 1 is 0.914 bits per heavy atom. The molecule has 10 nitrogen and oxygen atoms in total. The third-order valence-corrected chi connectivity index (χ3v) is 5.53. The van der Waals surface area contributed by atoms with Crippen molar-refractivity contribution in [2.24, 2.45) is 14.1 Å². The molecule has 2 amide bonds. The van der Waals surface area contributed by atoms with Crippen LogP contribution in [0, 0.1) is 0 Å². The van der Waals surface area contributed by atoms with E-state index in [4.69, 9.17) is 16.3 Å². The number of hydrogen-bond donors (Lipinski definition) is 2. The molecule has 0 bridgehead atoms. The molecule has 2 N–H and O–H groups in total. The third kappa shape index (κ3) is 5.07. The lowest BCUT2D eigenvalue weighted by atomic mass is 10.1. The first-order chi connectivity index (χ1) is 16.7. The Hall–Kier alpha value is -4.44. The van der Waals surface area contributed by atoms with E-state index in [1.54, 1.807) is 48.5 Å². The van der Waals surface area contributed by atoms with Crippen LogP contribution in [0.3, 0.4) is 0 Å². The van der Waals surface area contributed by atoms with Crippen LogP contribution >= 0.6 is 11.6 Å². The fourth-order valence-corrected chi connectivity index (χ4v) is 3.42. The van der Waals surface area contributed by atoms with Gasteiger partial charge in [-0.15, -0.1) is 0 Å². The van der Waals surface area contributed by atoms with Gasteiger partial charge in [0.15, 0.2) is 0 Å². The molecule has 4 aromatic rings. The number of nitrogens with one attached hydrogen (secondary N) is 2. The normalized spacial score (nSPS) is 10.7. The number of rotatable bonds is 5. The summed E-state index contributed by atoms with van der Waals surface area (Å²) in [5, 5.41) is 0.720. The minimum Gasteiger partial charge on any atom is -0.489 e. The standard InChI is InChI=1S/C24H20ClN5O5/c1-29-20-19(23(33)30(2)24(29)34)11-16(12-26-20)22(32)28-27-21(31)15-5-3-14(4-6-15)13-35-18-9-7-17(25)8-10-18/h3-12H,13H2,1-2H3,(H,27,31)(H,28,32). The van der Waals surface area contributed by atoms with Crippen molar-refractivity contribution in [3.63, 3.8) is 0 Å². The van der Waals surface area contributed by atoms with Gasteiger partial charge in [0, 0.05) is 30.9 Å². The zero-order chi connectivity index (χ0) is 25.1. The predicted molar refractivity (Wildman–Crippen MR) is 129 cm³/mol. The van der Waals surface area contributed by atoms with Gasteiger partial charge in [-0.05, 0) is 48.0 Å². The number of halogens is 1. The number of nitrogens with zero attached hydrogens (tertiary/aromatic N) is 3. The van der Waals surface area contributed by atoms with E-state index in [1.807, 2.05) is 0 Å². The van der Waals surface area contributed by atoms with E-state index >= 15 is 0 Å². The van der Waals surface area contributed by atoms with Crippen molar-refractivity contribution in [2.75, 3.05) is 0 Å². The van der Waals surface area contributed by atoms with Gasteiger partial charge in [0.25, 0.3) is 17.4 Å². The van der Waals surface area contributed by atoms with E-state index in [0.29, 0.717) is 22.9 Å². The summed E-state index contributed by atoms with van der Waals surface area (Å²) >= 11 is 5.85. The van der Waals surface area contributed by atoms with Crippen molar-refractivity contribution in [3.8, 4) is 5.75 Å². The van der Waals surface area contributed by atoms with Crippen molar-refractivity contribution >= 4 is 34.4 Å².